The van der Waals surface area contributed by atoms with Crippen molar-refractivity contribution in [2.45, 2.75) is 25.8 Å². The minimum atomic E-state index is -0.259. The summed E-state index contributed by atoms with van der Waals surface area (Å²) >= 11 is 0. The quantitative estimate of drug-likeness (QED) is 0.170. The number of aromatic nitrogens is 1. The average Bonchev–Trinajstić information content (AvgIpc) is 3.90. The standard InChI is InChI=1S/C61H43N3O/c1-38-26-33-55(49-24-13-20-41-16-7-9-21-47(41)49)62-61(43-29-27-40(28-30-43)39-14-3-2-4-15-39)63-58(38)54-37-46(36-53-50-23-11-12-25-57(50)65-60(53)54)64-56-35-45-19-6-5-18-44(45)34-52(56)51-32-31-42-17-8-10-22-48(42)59(51)64/h2-25,27-32,34-38,58H,26,33H2,1H3/t38-,58?/m1/s1. The molecule has 0 bridgehead atoms. The molecule has 4 heteroatoms. The zero-order chi connectivity index (χ0) is 43.0. The van der Waals surface area contributed by atoms with Gasteiger partial charge in [0.15, 0.2) is 5.84 Å². The predicted molar refractivity (Wildman–Crippen MR) is 273 cm³/mol. The Hall–Kier alpha value is -8.08. The van der Waals surface area contributed by atoms with Gasteiger partial charge in [0.25, 0.3) is 0 Å². The van der Waals surface area contributed by atoms with Gasteiger partial charge in [0, 0.05) is 49.3 Å². The van der Waals surface area contributed by atoms with E-state index >= 15 is 0 Å². The molecule has 13 rings (SSSR count). The molecule has 12 aromatic rings. The first-order valence-corrected chi connectivity index (χ1v) is 22.7. The van der Waals surface area contributed by atoms with Crippen LogP contribution in [0.5, 0.6) is 0 Å². The lowest BCUT2D eigenvalue weighted by Crippen LogP contribution is -2.18. The van der Waals surface area contributed by atoms with Gasteiger partial charge in [-0.3, -0.25) is 4.99 Å². The van der Waals surface area contributed by atoms with Crippen molar-refractivity contribution in [3.05, 3.63) is 223 Å². The molecular weight excluding hydrogens is 791 g/mol. The van der Waals surface area contributed by atoms with E-state index in [4.69, 9.17) is 14.4 Å². The second-order valence-electron chi connectivity index (χ2n) is 17.7. The summed E-state index contributed by atoms with van der Waals surface area (Å²) in [6, 6.07) is 74.2. The number of hydrogen-bond acceptors (Lipinski definition) is 3. The van der Waals surface area contributed by atoms with E-state index in [0.29, 0.717) is 0 Å². The Labute approximate surface area is 376 Å². The van der Waals surface area contributed by atoms with Crippen molar-refractivity contribution in [3.63, 3.8) is 0 Å². The minimum absolute atomic E-state index is 0.142. The summed E-state index contributed by atoms with van der Waals surface area (Å²) in [6.07, 6.45) is 1.70. The van der Waals surface area contributed by atoms with Gasteiger partial charge in [0.2, 0.25) is 0 Å². The van der Waals surface area contributed by atoms with Crippen LogP contribution in [0.1, 0.15) is 42.5 Å². The maximum Gasteiger partial charge on any atom is 0.155 e. The number of furan rings is 1. The van der Waals surface area contributed by atoms with Crippen LogP contribution in [0.25, 0.3) is 92.9 Å². The first-order chi connectivity index (χ1) is 32.1. The van der Waals surface area contributed by atoms with Crippen LogP contribution < -0.4 is 0 Å². The number of rotatable bonds is 5. The third-order valence-corrected chi connectivity index (χ3v) is 13.8. The molecule has 0 radical (unpaired) electrons. The van der Waals surface area contributed by atoms with Gasteiger partial charge in [-0.15, -0.1) is 0 Å². The number of fused-ring (bicyclic) bond motifs is 10. The topological polar surface area (TPSA) is 42.8 Å². The van der Waals surface area contributed by atoms with Crippen LogP contribution in [-0.2, 0) is 0 Å². The second kappa shape index (κ2) is 15.0. The van der Waals surface area contributed by atoms with Gasteiger partial charge < -0.3 is 8.98 Å². The summed E-state index contributed by atoms with van der Waals surface area (Å²) in [5, 5.41) is 11.9. The molecule has 0 aliphatic carbocycles. The van der Waals surface area contributed by atoms with E-state index in [0.717, 1.165) is 74.3 Å². The highest BCUT2D eigenvalue weighted by atomic mass is 16.3. The van der Waals surface area contributed by atoms with Gasteiger partial charge in [-0.2, -0.15) is 0 Å². The number of aliphatic imine (C=N–C) groups is 2. The van der Waals surface area contributed by atoms with Crippen molar-refractivity contribution in [2.24, 2.45) is 15.9 Å². The first kappa shape index (κ1) is 37.5. The van der Waals surface area contributed by atoms with Crippen LogP contribution in [-0.4, -0.2) is 16.1 Å². The second-order valence-corrected chi connectivity index (χ2v) is 17.7. The van der Waals surface area contributed by atoms with E-state index in [1.165, 1.54) is 59.7 Å². The lowest BCUT2D eigenvalue weighted by molar-refractivity contribution is 0.444. The third-order valence-electron chi connectivity index (χ3n) is 13.8. The monoisotopic (exact) mass is 833 g/mol. The first-order valence-electron chi connectivity index (χ1n) is 22.7. The fourth-order valence-corrected chi connectivity index (χ4v) is 10.5. The van der Waals surface area contributed by atoms with Crippen molar-refractivity contribution in [3.8, 4) is 16.8 Å². The van der Waals surface area contributed by atoms with Gasteiger partial charge in [-0.1, -0.05) is 183 Å². The minimum Gasteiger partial charge on any atom is -0.456 e. The molecule has 308 valence electrons. The van der Waals surface area contributed by atoms with Gasteiger partial charge in [-0.05, 0) is 87.1 Å². The van der Waals surface area contributed by atoms with Crippen LogP contribution in [0, 0.1) is 5.92 Å². The van der Waals surface area contributed by atoms with Crippen molar-refractivity contribution >= 4 is 87.6 Å². The van der Waals surface area contributed by atoms with Gasteiger partial charge in [-0.25, -0.2) is 4.99 Å². The Bertz CT molecular complexity index is 3900. The van der Waals surface area contributed by atoms with Crippen LogP contribution in [0.15, 0.2) is 221 Å². The lowest BCUT2D eigenvalue weighted by Gasteiger charge is -2.26. The van der Waals surface area contributed by atoms with Crippen LogP contribution >= 0.6 is 0 Å². The smallest absolute Gasteiger partial charge is 0.155 e. The van der Waals surface area contributed by atoms with Crippen LogP contribution in [0.4, 0.5) is 0 Å². The Kier molecular flexibility index (Phi) is 8.67. The fraction of sp³-hybridized carbons (Fsp3) is 0.0820. The van der Waals surface area contributed by atoms with E-state index in [2.05, 4.69) is 218 Å². The summed E-state index contributed by atoms with van der Waals surface area (Å²) in [7, 11) is 0. The molecule has 0 spiro atoms. The lowest BCUT2D eigenvalue weighted by atomic mass is 9.87. The summed E-state index contributed by atoms with van der Waals surface area (Å²) in [4.78, 5) is 11.4. The number of amidine groups is 1. The highest BCUT2D eigenvalue weighted by molar-refractivity contribution is 6.21. The Balaban J connectivity index is 1.09. The maximum atomic E-state index is 6.96. The van der Waals surface area contributed by atoms with E-state index in [1.807, 2.05) is 0 Å². The molecule has 1 aliphatic rings. The molecule has 0 amide bonds. The summed E-state index contributed by atoms with van der Waals surface area (Å²) in [5.74, 6) is 0.872. The number of hydrogen-bond donors (Lipinski definition) is 0. The van der Waals surface area contributed by atoms with Gasteiger partial charge in [0.05, 0.1) is 22.8 Å². The van der Waals surface area contributed by atoms with Crippen LogP contribution in [0.3, 0.4) is 0 Å². The molecule has 0 saturated carbocycles. The van der Waals surface area contributed by atoms with Crippen molar-refractivity contribution in [1.29, 1.82) is 0 Å². The number of benzene rings is 10. The van der Waals surface area contributed by atoms with E-state index in [9.17, 15) is 0 Å². The highest BCUT2D eigenvalue weighted by Crippen LogP contribution is 2.44. The third kappa shape index (κ3) is 6.20. The van der Waals surface area contributed by atoms with E-state index < -0.39 is 0 Å². The summed E-state index contributed by atoms with van der Waals surface area (Å²) in [5.41, 5.74) is 11.8. The van der Waals surface area contributed by atoms with Crippen LogP contribution in [0.2, 0.25) is 0 Å². The summed E-state index contributed by atoms with van der Waals surface area (Å²) < 4.78 is 9.46. The SMILES string of the molecule is C[C@@H]1CCC(c2cccc3ccccc23)=NC(c2ccc(-c3ccccc3)cc2)=NC1c1cc(-n2c3cc4ccccc4cc3c3ccc4ccccc4c32)cc2c1oc1ccccc12. The molecule has 4 nitrogen and oxygen atoms in total. The Morgan fingerprint density at radius 3 is 1.95 bits per heavy atom. The van der Waals surface area contributed by atoms with Crippen molar-refractivity contribution in [1.82, 2.24) is 4.57 Å². The zero-order valence-electron chi connectivity index (χ0n) is 35.9. The molecule has 0 fully saturated rings. The number of para-hydroxylation sites is 1. The molecule has 1 unspecified atom stereocenters. The fourth-order valence-electron chi connectivity index (χ4n) is 10.5. The molecule has 2 atom stereocenters. The van der Waals surface area contributed by atoms with Crippen molar-refractivity contribution in [2.75, 3.05) is 0 Å². The molecule has 0 N–H and O–H groups in total. The van der Waals surface area contributed by atoms with Crippen molar-refractivity contribution < 1.29 is 4.42 Å². The molecular formula is C61H43N3O. The zero-order valence-corrected chi connectivity index (χ0v) is 35.9. The van der Waals surface area contributed by atoms with Gasteiger partial charge in [0.1, 0.15) is 11.2 Å². The normalized spacial score (nSPS) is 15.8. The van der Waals surface area contributed by atoms with Gasteiger partial charge >= 0.3 is 0 Å². The van der Waals surface area contributed by atoms with E-state index in [1.54, 1.807) is 0 Å². The molecule has 0 saturated heterocycles. The maximum absolute atomic E-state index is 6.96. The largest absolute Gasteiger partial charge is 0.456 e. The highest BCUT2D eigenvalue weighted by Gasteiger charge is 2.29. The molecule has 2 aromatic heterocycles. The molecule has 10 aromatic carbocycles. The molecule has 65 heavy (non-hydrogen) atoms. The number of nitrogens with zero attached hydrogens (tertiary/aromatic N) is 3. The molecule has 3 heterocycles. The van der Waals surface area contributed by atoms with E-state index in [-0.39, 0.29) is 12.0 Å². The predicted octanol–water partition coefficient (Wildman–Crippen LogP) is 16.2. The summed E-state index contributed by atoms with van der Waals surface area (Å²) in [6.45, 7) is 2.36. The Morgan fingerprint density at radius 2 is 1.14 bits per heavy atom. The Morgan fingerprint density at radius 1 is 0.492 bits per heavy atom. The molecule has 1 aliphatic heterocycles. The average molecular weight is 834 g/mol.